The Hall–Kier alpha value is -3.36. The first kappa shape index (κ1) is 22.8. The van der Waals surface area contributed by atoms with Crippen LogP contribution in [0.2, 0.25) is 0 Å². The first-order valence-electron chi connectivity index (χ1n) is 10.9. The summed E-state index contributed by atoms with van der Waals surface area (Å²) < 4.78 is 21.2. The lowest BCUT2D eigenvalue weighted by molar-refractivity contribution is 0.0787. The Bertz CT molecular complexity index is 1160. The summed E-state index contributed by atoms with van der Waals surface area (Å²) in [7, 11) is 0. The lowest BCUT2D eigenvalue weighted by Gasteiger charge is -2.29. The van der Waals surface area contributed by atoms with Gasteiger partial charge in [0, 0.05) is 36.8 Å². The topological polar surface area (TPSA) is 84.7 Å². The monoisotopic (exact) mass is 451 g/mol. The highest BCUT2D eigenvalue weighted by atomic mass is 19.1. The lowest BCUT2D eigenvalue weighted by Crippen LogP contribution is -2.35. The van der Waals surface area contributed by atoms with Crippen LogP contribution in [-0.2, 0) is 19.7 Å². The molecule has 0 atom stereocenters. The summed E-state index contributed by atoms with van der Waals surface area (Å²) >= 11 is 0. The van der Waals surface area contributed by atoms with Crippen molar-refractivity contribution in [1.82, 2.24) is 14.7 Å². The number of Topliss-reactive ketones (excluding diaryl/α,β-unsaturated/α-hetero) is 1. The highest BCUT2D eigenvalue weighted by Gasteiger charge is 2.19. The van der Waals surface area contributed by atoms with Crippen molar-refractivity contribution in [2.24, 2.45) is 0 Å². The largest absolute Gasteiger partial charge is 0.487 e. The molecule has 1 aromatic heterocycles. The van der Waals surface area contributed by atoms with Crippen molar-refractivity contribution in [1.29, 1.82) is 0 Å². The van der Waals surface area contributed by atoms with Crippen LogP contribution in [0.3, 0.4) is 0 Å². The summed E-state index contributed by atoms with van der Waals surface area (Å²) in [5, 5.41) is 13.6. The van der Waals surface area contributed by atoms with Crippen LogP contribution in [0, 0.1) is 5.82 Å². The van der Waals surface area contributed by atoms with Gasteiger partial charge in [0.2, 0.25) is 0 Å². The van der Waals surface area contributed by atoms with Gasteiger partial charge in [-0.1, -0.05) is 42.5 Å². The van der Waals surface area contributed by atoms with Crippen LogP contribution in [0.4, 0.5) is 4.39 Å². The van der Waals surface area contributed by atoms with Gasteiger partial charge in [0.1, 0.15) is 24.7 Å². The minimum atomic E-state index is -0.474. The van der Waals surface area contributed by atoms with Gasteiger partial charge >= 0.3 is 0 Å². The van der Waals surface area contributed by atoms with E-state index in [0.29, 0.717) is 50.4 Å². The van der Waals surface area contributed by atoms with Crippen molar-refractivity contribution in [3.63, 3.8) is 0 Å². The maximum Gasteiger partial charge on any atom is 0.270 e. The van der Waals surface area contributed by atoms with E-state index < -0.39 is 17.2 Å². The minimum Gasteiger partial charge on any atom is -0.487 e. The Morgan fingerprint density at radius 1 is 1.12 bits per heavy atom. The van der Waals surface area contributed by atoms with E-state index in [2.05, 4.69) is 10.00 Å². The number of ether oxygens (including phenoxy) is 1. The number of hydrogen-bond donors (Lipinski definition) is 1. The fraction of sp³-hybridized carbons (Fsp3) is 0.320. The van der Waals surface area contributed by atoms with Gasteiger partial charge in [0.15, 0.2) is 5.78 Å². The number of carbonyl (C=O) groups is 1. The van der Waals surface area contributed by atoms with Gasteiger partial charge in [-0.2, -0.15) is 5.10 Å². The van der Waals surface area contributed by atoms with Crippen LogP contribution in [-0.4, -0.2) is 44.8 Å². The summed E-state index contributed by atoms with van der Waals surface area (Å²) in [6.07, 6.45) is 2.45. The predicted molar refractivity (Wildman–Crippen MR) is 121 cm³/mol. The third-order valence-corrected chi connectivity index (χ3v) is 5.71. The molecule has 1 saturated heterocycles. The molecular weight excluding hydrogens is 425 g/mol. The fourth-order valence-electron chi connectivity index (χ4n) is 3.75. The molecule has 3 aromatic rings. The molecule has 172 valence electrons. The third kappa shape index (κ3) is 6.12. The zero-order valence-electron chi connectivity index (χ0n) is 18.2. The Morgan fingerprint density at radius 3 is 2.58 bits per heavy atom. The summed E-state index contributed by atoms with van der Waals surface area (Å²) in [5.74, 6) is -0.556. The van der Waals surface area contributed by atoms with Gasteiger partial charge in [-0.15, -0.1) is 0 Å². The average molecular weight is 451 g/mol. The molecule has 1 aliphatic rings. The molecular formula is C25H26FN3O4. The van der Waals surface area contributed by atoms with Gasteiger partial charge in [0.05, 0.1) is 12.3 Å². The first-order valence-corrected chi connectivity index (χ1v) is 10.9. The van der Waals surface area contributed by atoms with Gasteiger partial charge in [-0.25, -0.2) is 9.07 Å². The number of rotatable bonds is 8. The second-order valence-corrected chi connectivity index (χ2v) is 8.20. The second-order valence-electron chi connectivity index (χ2n) is 8.20. The molecule has 8 heteroatoms. The van der Waals surface area contributed by atoms with Crippen LogP contribution in [0.25, 0.3) is 0 Å². The third-order valence-electron chi connectivity index (χ3n) is 5.71. The van der Waals surface area contributed by atoms with E-state index in [1.165, 1.54) is 18.3 Å². The molecule has 0 aliphatic carbocycles. The molecule has 0 bridgehead atoms. The second kappa shape index (κ2) is 10.5. The molecule has 7 nitrogen and oxygen atoms in total. The van der Waals surface area contributed by atoms with Crippen molar-refractivity contribution < 1.29 is 19.0 Å². The van der Waals surface area contributed by atoms with E-state index in [-0.39, 0.29) is 18.2 Å². The Balaban J connectivity index is 1.36. The lowest BCUT2D eigenvalue weighted by atomic mass is 10.0. The Kier molecular flexibility index (Phi) is 7.26. The van der Waals surface area contributed by atoms with Crippen molar-refractivity contribution in [3.8, 4) is 5.75 Å². The van der Waals surface area contributed by atoms with E-state index in [4.69, 9.17) is 4.74 Å². The van der Waals surface area contributed by atoms with Gasteiger partial charge in [-0.05, 0) is 24.5 Å². The first-order chi connectivity index (χ1) is 16.0. The number of halogens is 1. The number of aromatic nitrogens is 2. The summed E-state index contributed by atoms with van der Waals surface area (Å²) in [6.45, 7) is 1.86. The number of aliphatic hydroxyl groups excluding tert-OH is 1. The van der Waals surface area contributed by atoms with Crippen LogP contribution in [0.15, 0.2) is 65.6 Å². The standard InChI is InChI=1S/C25H26FN3O4/c26-23-12-19(6-7-20(23)15-28-10-8-21(30)9-11-28)24(31)16-29-25(32)13-22(14-27-29)33-17-18-4-2-1-3-5-18/h1-7,12-14,21,30H,8-11,15-17H2. The number of hydrogen-bond acceptors (Lipinski definition) is 6. The summed E-state index contributed by atoms with van der Waals surface area (Å²) in [6, 6.07) is 15.2. The molecule has 0 saturated carbocycles. The Morgan fingerprint density at radius 2 is 1.88 bits per heavy atom. The van der Waals surface area contributed by atoms with Crippen molar-refractivity contribution in [2.45, 2.75) is 38.6 Å². The molecule has 33 heavy (non-hydrogen) atoms. The predicted octanol–water partition coefficient (Wildman–Crippen LogP) is 2.80. The van der Waals surface area contributed by atoms with Crippen LogP contribution in [0.1, 0.15) is 34.3 Å². The highest BCUT2D eigenvalue weighted by Crippen LogP contribution is 2.17. The molecule has 0 spiro atoms. The van der Waals surface area contributed by atoms with E-state index in [1.54, 1.807) is 12.1 Å². The average Bonchev–Trinajstić information content (AvgIpc) is 2.82. The van der Waals surface area contributed by atoms with Crippen LogP contribution < -0.4 is 10.3 Å². The van der Waals surface area contributed by atoms with E-state index >= 15 is 0 Å². The smallest absolute Gasteiger partial charge is 0.270 e. The van der Waals surface area contributed by atoms with Gasteiger partial charge in [0.25, 0.3) is 5.56 Å². The van der Waals surface area contributed by atoms with Crippen LogP contribution >= 0.6 is 0 Å². The van der Waals surface area contributed by atoms with Crippen molar-refractivity contribution >= 4 is 5.78 Å². The zero-order chi connectivity index (χ0) is 23.2. The number of ketones is 1. The number of piperidine rings is 1. The molecule has 1 aliphatic heterocycles. The van der Waals surface area contributed by atoms with E-state index in [1.807, 2.05) is 30.3 Å². The SMILES string of the molecule is O=C(Cn1ncc(OCc2ccccc2)cc1=O)c1ccc(CN2CCC(O)CC2)c(F)c1. The normalized spacial score (nSPS) is 14.8. The number of likely N-dealkylation sites (tertiary alicyclic amines) is 1. The van der Waals surface area contributed by atoms with Gasteiger partial charge < -0.3 is 9.84 Å². The molecule has 2 heterocycles. The van der Waals surface area contributed by atoms with Crippen molar-refractivity contribution in [2.75, 3.05) is 13.1 Å². The van der Waals surface area contributed by atoms with E-state index in [0.717, 1.165) is 10.2 Å². The van der Waals surface area contributed by atoms with Crippen molar-refractivity contribution in [3.05, 3.63) is 93.7 Å². The minimum absolute atomic E-state index is 0.184. The molecule has 1 N–H and O–H groups in total. The van der Waals surface area contributed by atoms with E-state index in [9.17, 15) is 19.1 Å². The number of aliphatic hydroxyl groups is 1. The maximum absolute atomic E-state index is 14.6. The number of carbonyl (C=O) groups excluding carboxylic acids is 1. The zero-order valence-corrected chi connectivity index (χ0v) is 18.2. The van der Waals surface area contributed by atoms with Gasteiger partial charge in [-0.3, -0.25) is 14.5 Å². The molecule has 4 rings (SSSR count). The molecule has 2 aromatic carbocycles. The molecule has 0 radical (unpaired) electrons. The Labute approximate surface area is 191 Å². The number of benzene rings is 2. The quantitative estimate of drug-likeness (QED) is 0.530. The van der Waals surface area contributed by atoms with Crippen LogP contribution in [0.5, 0.6) is 5.75 Å². The fourth-order valence-corrected chi connectivity index (χ4v) is 3.75. The number of nitrogens with zero attached hydrogens (tertiary/aromatic N) is 3. The highest BCUT2D eigenvalue weighted by molar-refractivity contribution is 5.95. The summed E-state index contributed by atoms with van der Waals surface area (Å²) in [4.78, 5) is 27.1. The molecule has 0 unspecified atom stereocenters. The molecule has 1 fully saturated rings. The maximum atomic E-state index is 14.6. The summed E-state index contributed by atoms with van der Waals surface area (Å²) in [5.41, 5.74) is 1.17. The molecule has 0 amide bonds.